The maximum absolute atomic E-state index is 12.0. The van der Waals surface area contributed by atoms with Gasteiger partial charge in [0.1, 0.15) is 5.82 Å². The highest BCUT2D eigenvalue weighted by Gasteiger charge is 2.21. The Balaban J connectivity index is 1.56. The highest BCUT2D eigenvalue weighted by atomic mass is 16.3. The van der Waals surface area contributed by atoms with Gasteiger partial charge in [-0.1, -0.05) is 0 Å². The second kappa shape index (κ2) is 8.02. The van der Waals surface area contributed by atoms with E-state index in [-0.39, 0.29) is 12.6 Å². The van der Waals surface area contributed by atoms with Crippen LogP contribution in [0.3, 0.4) is 0 Å². The van der Waals surface area contributed by atoms with Gasteiger partial charge in [0.25, 0.3) is 0 Å². The molecule has 118 valence electrons. The zero-order valence-electron chi connectivity index (χ0n) is 12.8. The van der Waals surface area contributed by atoms with E-state index in [2.05, 4.69) is 14.9 Å². The standard InChI is InChI=1S/C15H26N4O2/c1-13-16-7-11-18(13)8-3-2-6-17-15(21)19-9-4-14(12-20)5-10-19/h7,11,14,20H,2-6,8-10,12H2,1H3,(H,17,21). The van der Waals surface area contributed by atoms with Crippen molar-refractivity contribution in [2.24, 2.45) is 5.92 Å². The summed E-state index contributed by atoms with van der Waals surface area (Å²) in [5.41, 5.74) is 0. The Morgan fingerprint density at radius 1 is 1.43 bits per heavy atom. The molecule has 21 heavy (non-hydrogen) atoms. The van der Waals surface area contributed by atoms with Crippen molar-refractivity contribution in [3.05, 3.63) is 18.2 Å². The van der Waals surface area contributed by atoms with Crippen LogP contribution in [0.15, 0.2) is 12.4 Å². The van der Waals surface area contributed by atoms with Gasteiger partial charge in [0.15, 0.2) is 0 Å². The SMILES string of the molecule is Cc1nccn1CCCCNC(=O)N1CCC(CO)CC1. The first-order valence-electron chi connectivity index (χ1n) is 7.82. The fourth-order valence-electron chi connectivity index (χ4n) is 2.67. The number of aromatic nitrogens is 2. The zero-order chi connectivity index (χ0) is 15.1. The summed E-state index contributed by atoms with van der Waals surface area (Å²) in [6, 6.07) is 0.0326. The number of nitrogens with one attached hydrogen (secondary N) is 1. The summed E-state index contributed by atoms with van der Waals surface area (Å²) in [6.07, 6.45) is 7.61. The second-order valence-electron chi connectivity index (χ2n) is 5.72. The number of hydrogen-bond acceptors (Lipinski definition) is 3. The molecule has 2 N–H and O–H groups in total. The van der Waals surface area contributed by atoms with Crippen molar-refractivity contribution in [3.63, 3.8) is 0 Å². The molecular formula is C15H26N4O2. The highest BCUT2D eigenvalue weighted by molar-refractivity contribution is 5.74. The Hall–Kier alpha value is -1.56. The quantitative estimate of drug-likeness (QED) is 0.779. The molecule has 2 rings (SSSR count). The number of carbonyl (C=O) groups excluding carboxylic acids is 1. The van der Waals surface area contributed by atoms with Gasteiger partial charge >= 0.3 is 6.03 Å². The Labute approximate surface area is 126 Å². The van der Waals surface area contributed by atoms with E-state index in [1.54, 1.807) is 0 Å². The number of urea groups is 1. The summed E-state index contributed by atoms with van der Waals surface area (Å²) in [5.74, 6) is 1.40. The van der Waals surface area contributed by atoms with E-state index in [0.717, 1.165) is 51.1 Å². The molecule has 1 fully saturated rings. The predicted octanol–water partition coefficient (Wildman–Crippen LogP) is 1.39. The zero-order valence-corrected chi connectivity index (χ0v) is 12.8. The summed E-state index contributed by atoms with van der Waals surface area (Å²) in [5, 5.41) is 12.1. The molecule has 0 bridgehead atoms. The average molecular weight is 294 g/mol. The molecule has 0 radical (unpaired) electrons. The Bertz CT molecular complexity index is 439. The number of aliphatic hydroxyl groups is 1. The van der Waals surface area contributed by atoms with Gasteiger partial charge in [-0.3, -0.25) is 0 Å². The number of unbranched alkanes of at least 4 members (excludes halogenated alkanes) is 1. The lowest BCUT2D eigenvalue weighted by Gasteiger charge is -2.31. The molecule has 1 aromatic heterocycles. The van der Waals surface area contributed by atoms with Crippen molar-refractivity contribution in [2.75, 3.05) is 26.2 Å². The van der Waals surface area contributed by atoms with E-state index >= 15 is 0 Å². The third-order valence-corrected chi connectivity index (χ3v) is 4.19. The molecule has 1 aromatic rings. The van der Waals surface area contributed by atoms with E-state index in [9.17, 15) is 4.79 Å². The van der Waals surface area contributed by atoms with Crippen molar-refractivity contribution < 1.29 is 9.90 Å². The largest absolute Gasteiger partial charge is 0.396 e. The summed E-state index contributed by atoms with van der Waals surface area (Å²) in [7, 11) is 0. The minimum atomic E-state index is 0.0326. The third kappa shape index (κ3) is 4.74. The number of nitrogens with zero attached hydrogens (tertiary/aromatic N) is 3. The number of hydrogen-bond donors (Lipinski definition) is 2. The molecule has 0 atom stereocenters. The van der Waals surface area contributed by atoms with E-state index in [0.29, 0.717) is 12.5 Å². The average Bonchev–Trinajstić information content (AvgIpc) is 2.92. The lowest BCUT2D eigenvalue weighted by atomic mass is 9.98. The van der Waals surface area contributed by atoms with Crippen LogP contribution < -0.4 is 5.32 Å². The summed E-state index contributed by atoms with van der Waals surface area (Å²) >= 11 is 0. The summed E-state index contributed by atoms with van der Waals surface area (Å²) in [6.45, 7) is 5.41. The molecule has 0 spiro atoms. The molecule has 6 heteroatoms. The lowest BCUT2D eigenvalue weighted by Crippen LogP contribution is -2.45. The van der Waals surface area contributed by atoms with E-state index in [1.165, 1.54) is 0 Å². The molecule has 1 saturated heterocycles. The number of aryl methyl sites for hydroxylation is 2. The Kier molecular flexibility index (Phi) is 6.04. The number of imidazole rings is 1. The van der Waals surface area contributed by atoms with Crippen LogP contribution >= 0.6 is 0 Å². The smallest absolute Gasteiger partial charge is 0.317 e. The second-order valence-corrected chi connectivity index (χ2v) is 5.72. The van der Waals surface area contributed by atoms with Gasteiger partial charge in [-0.2, -0.15) is 0 Å². The van der Waals surface area contributed by atoms with Crippen LogP contribution in [0.5, 0.6) is 0 Å². The molecule has 0 aromatic carbocycles. The van der Waals surface area contributed by atoms with Crippen LogP contribution in [-0.4, -0.2) is 51.8 Å². The number of rotatable bonds is 6. The van der Waals surface area contributed by atoms with Gasteiger partial charge in [0, 0.05) is 45.2 Å². The van der Waals surface area contributed by atoms with Crippen LogP contribution in [0.4, 0.5) is 4.79 Å². The first kappa shape index (κ1) is 15.8. The van der Waals surface area contributed by atoms with Crippen molar-refractivity contribution in [2.45, 2.75) is 39.2 Å². The molecule has 0 aliphatic carbocycles. The Morgan fingerprint density at radius 2 is 2.19 bits per heavy atom. The number of carbonyl (C=O) groups is 1. The van der Waals surface area contributed by atoms with Crippen molar-refractivity contribution in [3.8, 4) is 0 Å². The Morgan fingerprint density at radius 3 is 2.81 bits per heavy atom. The van der Waals surface area contributed by atoms with Crippen LogP contribution in [-0.2, 0) is 6.54 Å². The van der Waals surface area contributed by atoms with Crippen LogP contribution in [0.1, 0.15) is 31.5 Å². The normalized spacial score (nSPS) is 16.2. The van der Waals surface area contributed by atoms with Crippen molar-refractivity contribution in [1.29, 1.82) is 0 Å². The van der Waals surface area contributed by atoms with Gasteiger partial charge in [-0.05, 0) is 38.5 Å². The van der Waals surface area contributed by atoms with E-state index in [4.69, 9.17) is 5.11 Å². The van der Waals surface area contributed by atoms with Crippen LogP contribution in [0.2, 0.25) is 0 Å². The molecular weight excluding hydrogens is 268 g/mol. The molecule has 6 nitrogen and oxygen atoms in total. The first-order chi connectivity index (χ1) is 10.2. The third-order valence-electron chi connectivity index (χ3n) is 4.19. The highest BCUT2D eigenvalue weighted by Crippen LogP contribution is 2.16. The number of piperidine rings is 1. The van der Waals surface area contributed by atoms with Gasteiger partial charge in [-0.15, -0.1) is 0 Å². The van der Waals surface area contributed by atoms with Gasteiger partial charge in [0.05, 0.1) is 0 Å². The van der Waals surface area contributed by atoms with Crippen LogP contribution in [0, 0.1) is 12.8 Å². The fourth-order valence-corrected chi connectivity index (χ4v) is 2.67. The summed E-state index contributed by atoms with van der Waals surface area (Å²) in [4.78, 5) is 18.0. The molecule has 0 unspecified atom stereocenters. The summed E-state index contributed by atoms with van der Waals surface area (Å²) < 4.78 is 2.13. The van der Waals surface area contributed by atoms with Crippen molar-refractivity contribution in [1.82, 2.24) is 19.8 Å². The molecule has 2 amide bonds. The molecule has 0 saturated carbocycles. The number of likely N-dealkylation sites (tertiary alicyclic amines) is 1. The van der Waals surface area contributed by atoms with Crippen LogP contribution in [0.25, 0.3) is 0 Å². The molecule has 1 aliphatic rings. The predicted molar refractivity (Wildman–Crippen MR) is 81.0 cm³/mol. The first-order valence-corrected chi connectivity index (χ1v) is 7.82. The fraction of sp³-hybridized carbons (Fsp3) is 0.733. The minimum Gasteiger partial charge on any atom is -0.396 e. The topological polar surface area (TPSA) is 70.4 Å². The maximum atomic E-state index is 12.0. The number of aliphatic hydroxyl groups excluding tert-OH is 1. The lowest BCUT2D eigenvalue weighted by molar-refractivity contribution is 0.137. The van der Waals surface area contributed by atoms with Gasteiger partial charge in [-0.25, -0.2) is 9.78 Å². The van der Waals surface area contributed by atoms with E-state index < -0.39 is 0 Å². The monoisotopic (exact) mass is 294 g/mol. The van der Waals surface area contributed by atoms with E-state index in [1.807, 2.05) is 24.2 Å². The van der Waals surface area contributed by atoms with Crippen molar-refractivity contribution >= 4 is 6.03 Å². The molecule has 1 aliphatic heterocycles. The maximum Gasteiger partial charge on any atom is 0.317 e. The minimum absolute atomic E-state index is 0.0326. The number of amides is 2. The molecule has 2 heterocycles. The van der Waals surface area contributed by atoms with Gasteiger partial charge < -0.3 is 19.9 Å². The van der Waals surface area contributed by atoms with Gasteiger partial charge in [0.2, 0.25) is 0 Å².